The molecule has 2 N–H and O–H groups in total. The Bertz CT molecular complexity index is 709. The summed E-state index contributed by atoms with van der Waals surface area (Å²) >= 11 is 0. The van der Waals surface area contributed by atoms with Crippen molar-refractivity contribution in [2.75, 3.05) is 0 Å². The maximum absolute atomic E-state index is 5.70. The van der Waals surface area contributed by atoms with Gasteiger partial charge in [0, 0.05) is 24.8 Å². The Morgan fingerprint density at radius 3 is 2.74 bits per heavy atom. The van der Waals surface area contributed by atoms with Gasteiger partial charge < -0.3 is 5.73 Å². The molecule has 0 bridgehead atoms. The first-order valence-electron chi connectivity index (χ1n) is 6.27. The molecule has 0 amide bonds. The minimum atomic E-state index is 0.376. The topological polar surface area (TPSA) is 74.0 Å². The molecule has 0 saturated carbocycles. The fraction of sp³-hybridized carbons (Fsp3) is 0.308. The van der Waals surface area contributed by atoms with Gasteiger partial charge >= 0.3 is 0 Å². The van der Waals surface area contributed by atoms with Gasteiger partial charge in [0.25, 0.3) is 0 Å². The molecular formula is C13H16N6. The summed E-state index contributed by atoms with van der Waals surface area (Å²) < 4.78 is 3.75. The van der Waals surface area contributed by atoms with Gasteiger partial charge in [-0.25, -0.2) is 14.5 Å². The highest BCUT2D eigenvalue weighted by atomic mass is 15.3. The van der Waals surface area contributed by atoms with Crippen LogP contribution in [0.4, 0.5) is 0 Å². The van der Waals surface area contributed by atoms with E-state index >= 15 is 0 Å². The molecule has 0 aliphatic heterocycles. The minimum Gasteiger partial charge on any atom is -0.324 e. The number of hydrogen-bond acceptors (Lipinski definition) is 4. The Hall–Kier alpha value is -2.21. The minimum absolute atomic E-state index is 0.376. The average Bonchev–Trinajstić information content (AvgIpc) is 3.04. The molecule has 0 radical (unpaired) electrons. The molecule has 0 spiro atoms. The van der Waals surface area contributed by atoms with Gasteiger partial charge in [0.15, 0.2) is 5.82 Å². The molecule has 6 nitrogen and oxygen atoms in total. The molecule has 0 aliphatic carbocycles. The van der Waals surface area contributed by atoms with Crippen LogP contribution in [-0.4, -0.2) is 24.1 Å². The SMILES string of the molecule is CC(C)c1cc2c(-n3ccnc3CN)nccn2n1. The van der Waals surface area contributed by atoms with Gasteiger partial charge in [-0.2, -0.15) is 5.10 Å². The molecule has 0 unspecified atom stereocenters. The number of imidazole rings is 1. The second-order valence-corrected chi connectivity index (χ2v) is 4.72. The van der Waals surface area contributed by atoms with Gasteiger partial charge in [0.05, 0.1) is 12.2 Å². The van der Waals surface area contributed by atoms with E-state index in [1.165, 1.54) is 0 Å². The van der Waals surface area contributed by atoms with E-state index in [2.05, 4.69) is 35.0 Å². The Kier molecular flexibility index (Phi) is 2.79. The van der Waals surface area contributed by atoms with Crippen LogP contribution in [0.15, 0.2) is 30.9 Å². The monoisotopic (exact) mass is 256 g/mol. The summed E-state index contributed by atoms with van der Waals surface area (Å²) in [5.74, 6) is 1.97. The van der Waals surface area contributed by atoms with Gasteiger partial charge in [-0.15, -0.1) is 0 Å². The molecule has 6 heteroatoms. The maximum atomic E-state index is 5.70. The van der Waals surface area contributed by atoms with Crippen molar-refractivity contribution in [3.05, 3.63) is 42.4 Å². The van der Waals surface area contributed by atoms with Crippen LogP contribution in [-0.2, 0) is 6.54 Å². The van der Waals surface area contributed by atoms with Gasteiger partial charge in [0.2, 0.25) is 0 Å². The van der Waals surface area contributed by atoms with E-state index in [0.29, 0.717) is 12.5 Å². The first-order valence-corrected chi connectivity index (χ1v) is 6.27. The molecule has 0 saturated heterocycles. The molecule has 0 aromatic carbocycles. The van der Waals surface area contributed by atoms with Crippen LogP contribution in [0.3, 0.4) is 0 Å². The maximum Gasteiger partial charge on any atom is 0.164 e. The predicted octanol–water partition coefficient (Wildman–Crippen LogP) is 1.50. The summed E-state index contributed by atoms with van der Waals surface area (Å²) in [7, 11) is 0. The largest absolute Gasteiger partial charge is 0.324 e. The number of rotatable bonds is 3. The summed E-state index contributed by atoms with van der Waals surface area (Å²) in [5, 5.41) is 4.55. The van der Waals surface area contributed by atoms with Crippen molar-refractivity contribution in [2.45, 2.75) is 26.3 Å². The van der Waals surface area contributed by atoms with Crippen LogP contribution in [0.1, 0.15) is 31.3 Å². The van der Waals surface area contributed by atoms with E-state index in [0.717, 1.165) is 22.9 Å². The summed E-state index contributed by atoms with van der Waals surface area (Å²) in [6.45, 7) is 4.62. The zero-order valence-electron chi connectivity index (χ0n) is 11.0. The van der Waals surface area contributed by atoms with Crippen molar-refractivity contribution in [1.82, 2.24) is 24.1 Å². The third-order valence-electron chi connectivity index (χ3n) is 3.11. The number of nitrogens with two attached hydrogens (primary N) is 1. The second-order valence-electron chi connectivity index (χ2n) is 4.72. The van der Waals surface area contributed by atoms with Crippen molar-refractivity contribution in [3.8, 4) is 5.82 Å². The Balaban J connectivity index is 2.24. The zero-order valence-corrected chi connectivity index (χ0v) is 11.0. The quantitative estimate of drug-likeness (QED) is 0.770. The fourth-order valence-corrected chi connectivity index (χ4v) is 2.07. The highest BCUT2D eigenvalue weighted by Gasteiger charge is 2.12. The van der Waals surface area contributed by atoms with Crippen LogP contribution in [0.2, 0.25) is 0 Å². The number of nitrogens with zero attached hydrogens (tertiary/aromatic N) is 5. The highest BCUT2D eigenvalue weighted by molar-refractivity contribution is 5.61. The van der Waals surface area contributed by atoms with E-state index in [1.54, 1.807) is 12.4 Å². The molecule has 3 aromatic heterocycles. The first-order chi connectivity index (χ1) is 9.20. The van der Waals surface area contributed by atoms with Gasteiger partial charge in [-0.05, 0) is 12.0 Å². The molecule has 0 fully saturated rings. The van der Waals surface area contributed by atoms with Crippen molar-refractivity contribution < 1.29 is 0 Å². The Labute approximate surface area is 110 Å². The molecule has 3 aromatic rings. The van der Waals surface area contributed by atoms with Crippen molar-refractivity contribution >= 4 is 5.52 Å². The number of fused-ring (bicyclic) bond motifs is 1. The van der Waals surface area contributed by atoms with Gasteiger partial charge in [-0.3, -0.25) is 4.57 Å². The van der Waals surface area contributed by atoms with Crippen molar-refractivity contribution in [3.63, 3.8) is 0 Å². The lowest BCUT2D eigenvalue weighted by Crippen LogP contribution is -2.08. The van der Waals surface area contributed by atoms with Crippen LogP contribution < -0.4 is 5.73 Å². The fourth-order valence-electron chi connectivity index (χ4n) is 2.07. The standard InChI is InChI=1S/C13H16N6/c1-9(2)10-7-11-13(16-4-6-19(11)17-10)18-5-3-15-12(18)8-14/h3-7,9H,8,14H2,1-2H3. The summed E-state index contributed by atoms with van der Waals surface area (Å²) in [6, 6.07) is 2.06. The van der Waals surface area contributed by atoms with Crippen molar-refractivity contribution in [2.24, 2.45) is 5.73 Å². The molecular weight excluding hydrogens is 240 g/mol. The second kappa shape index (κ2) is 4.47. The molecule has 98 valence electrons. The zero-order chi connectivity index (χ0) is 13.4. The lowest BCUT2D eigenvalue weighted by Gasteiger charge is -2.06. The molecule has 19 heavy (non-hydrogen) atoms. The summed E-state index contributed by atoms with van der Waals surface area (Å²) in [5.41, 5.74) is 7.70. The number of hydrogen-bond donors (Lipinski definition) is 1. The van der Waals surface area contributed by atoms with Crippen LogP contribution in [0.25, 0.3) is 11.3 Å². The Morgan fingerprint density at radius 1 is 1.21 bits per heavy atom. The summed E-state index contributed by atoms with van der Waals surface area (Å²) in [6.07, 6.45) is 7.18. The van der Waals surface area contributed by atoms with Gasteiger partial charge in [-0.1, -0.05) is 13.8 Å². The third kappa shape index (κ3) is 1.90. The lowest BCUT2D eigenvalue weighted by atomic mass is 10.1. The predicted molar refractivity (Wildman–Crippen MR) is 72.1 cm³/mol. The average molecular weight is 256 g/mol. The molecule has 0 atom stereocenters. The van der Waals surface area contributed by atoms with Gasteiger partial charge in [0.1, 0.15) is 11.3 Å². The van der Waals surface area contributed by atoms with Crippen LogP contribution >= 0.6 is 0 Å². The van der Waals surface area contributed by atoms with E-state index in [9.17, 15) is 0 Å². The molecule has 3 rings (SSSR count). The van der Waals surface area contributed by atoms with E-state index in [4.69, 9.17) is 5.73 Å². The van der Waals surface area contributed by atoms with Crippen LogP contribution in [0, 0.1) is 0 Å². The van der Waals surface area contributed by atoms with E-state index in [1.807, 2.05) is 21.5 Å². The third-order valence-corrected chi connectivity index (χ3v) is 3.11. The van der Waals surface area contributed by atoms with E-state index < -0.39 is 0 Å². The Morgan fingerprint density at radius 2 is 2.00 bits per heavy atom. The normalized spacial score (nSPS) is 11.6. The van der Waals surface area contributed by atoms with E-state index in [-0.39, 0.29) is 0 Å². The first kappa shape index (κ1) is 11.9. The molecule has 0 aliphatic rings. The number of aromatic nitrogens is 5. The highest BCUT2D eigenvalue weighted by Crippen LogP contribution is 2.20. The van der Waals surface area contributed by atoms with Crippen LogP contribution in [0.5, 0.6) is 0 Å². The summed E-state index contributed by atoms with van der Waals surface area (Å²) in [4.78, 5) is 8.67. The van der Waals surface area contributed by atoms with Crippen molar-refractivity contribution in [1.29, 1.82) is 0 Å². The smallest absolute Gasteiger partial charge is 0.164 e. The molecule has 3 heterocycles. The lowest BCUT2D eigenvalue weighted by molar-refractivity contribution is 0.783.